The molecular weight excluding hydrogens is 198 g/mol. The Morgan fingerprint density at radius 1 is 1.12 bits per heavy atom. The SMILES string of the molecule is CC(C)(C)C(=O)C1(CN2CCCCC2)CC1. The fourth-order valence-corrected chi connectivity index (χ4v) is 2.95. The first-order valence-electron chi connectivity index (χ1n) is 6.71. The average molecular weight is 223 g/mol. The van der Waals surface area contributed by atoms with Crippen molar-refractivity contribution >= 4 is 5.78 Å². The van der Waals surface area contributed by atoms with E-state index in [1.165, 1.54) is 32.4 Å². The lowest BCUT2D eigenvalue weighted by Gasteiger charge is -2.32. The van der Waals surface area contributed by atoms with Crippen LogP contribution in [-0.2, 0) is 4.79 Å². The van der Waals surface area contributed by atoms with Crippen molar-refractivity contribution in [1.82, 2.24) is 4.90 Å². The van der Waals surface area contributed by atoms with Crippen molar-refractivity contribution in [2.45, 2.75) is 52.9 Å². The van der Waals surface area contributed by atoms with Gasteiger partial charge in [0.25, 0.3) is 0 Å². The zero-order chi connectivity index (χ0) is 11.8. The van der Waals surface area contributed by atoms with Gasteiger partial charge in [-0.2, -0.15) is 0 Å². The lowest BCUT2D eigenvalue weighted by molar-refractivity contribution is -0.132. The van der Waals surface area contributed by atoms with E-state index < -0.39 is 0 Å². The van der Waals surface area contributed by atoms with Gasteiger partial charge in [0.15, 0.2) is 0 Å². The van der Waals surface area contributed by atoms with Crippen LogP contribution in [-0.4, -0.2) is 30.3 Å². The molecule has 2 heteroatoms. The smallest absolute Gasteiger partial charge is 0.145 e. The first-order valence-corrected chi connectivity index (χ1v) is 6.71. The molecule has 2 fully saturated rings. The summed E-state index contributed by atoms with van der Waals surface area (Å²) in [7, 11) is 0. The summed E-state index contributed by atoms with van der Waals surface area (Å²) < 4.78 is 0. The second-order valence-electron chi connectivity index (χ2n) is 6.70. The molecule has 0 radical (unpaired) electrons. The molecule has 92 valence electrons. The normalized spacial score (nSPS) is 25.4. The minimum atomic E-state index is -0.160. The van der Waals surface area contributed by atoms with Gasteiger partial charge < -0.3 is 4.90 Å². The predicted molar refractivity (Wildman–Crippen MR) is 66.4 cm³/mol. The molecule has 1 heterocycles. The Balaban J connectivity index is 1.95. The van der Waals surface area contributed by atoms with Gasteiger partial charge in [-0.15, -0.1) is 0 Å². The number of nitrogens with zero attached hydrogens (tertiary/aromatic N) is 1. The molecule has 0 bridgehead atoms. The number of Topliss-reactive ketones (excluding diaryl/α,β-unsaturated/α-hetero) is 1. The van der Waals surface area contributed by atoms with Gasteiger partial charge in [-0.3, -0.25) is 4.79 Å². The van der Waals surface area contributed by atoms with Crippen molar-refractivity contribution in [2.75, 3.05) is 19.6 Å². The molecule has 0 aromatic heterocycles. The summed E-state index contributed by atoms with van der Waals surface area (Å²) in [5, 5.41) is 0. The van der Waals surface area contributed by atoms with Crippen LogP contribution >= 0.6 is 0 Å². The van der Waals surface area contributed by atoms with Gasteiger partial charge in [0.2, 0.25) is 0 Å². The van der Waals surface area contributed by atoms with Crippen molar-refractivity contribution in [2.24, 2.45) is 10.8 Å². The largest absolute Gasteiger partial charge is 0.302 e. The Labute approximate surface area is 99.4 Å². The van der Waals surface area contributed by atoms with Crippen molar-refractivity contribution in [3.63, 3.8) is 0 Å². The van der Waals surface area contributed by atoms with Crippen molar-refractivity contribution in [3.05, 3.63) is 0 Å². The summed E-state index contributed by atoms with van der Waals surface area (Å²) in [5.41, 5.74) is -0.123. The van der Waals surface area contributed by atoms with Gasteiger partial charge in [-0.05, 0) is 38.8 Å². The Morgan fingerprint density at radius 2 is 1.69 bits per heavy atom. The van der Waals surface area contributed by atoms with E-state index >= 15 is 0 Å². The van der Waals surface area contributed by atoms with E-state index in [1.807, 2.05) is 0 Å². The number of likely N-dealkylation sites (tertiary alicyclic amines) is 1. The average Bonchev–Trinajstić information content (AvgIpc) is 2.98. The van der Waals surface area contributed by atoms with E-state index in [0.717, 1.165) is 19.4 Å². The molecule has 0 unspecified atom stereocenters. The van der Waals surface area contributed by atoms with Crippen LogP contribution in [0.1, 0.15) is 52.9 Å². The highest BCUT2D eigenvalue weighted by Crippen LogP contribution is 2.51. The summed E-state index contributed by atoms with van der Waals surface area (Å²) in [4.78, 5) is 14.9. The molecule has 0 aromatic carbocycles. The van der Waals surface area contributed by atoms with E-state index in [2.05, 4.69) is 25.7 Å². The maximum Gasteiger partial charge on any atom is 0.145 e. The first kappa shape index (κ1) is 12.1. The molecule has 1 saturated heterocycles. The number of rotatable bonds is 3. The number of carbonyl (C=O) groups excluding carboxylic acids is 1. The predicted octanol–water partition coefficient (Wildman–Crippen LogP) is 2.87. The molecule has 0 aromatic rings. The van der Waals surface area contributed by atoms with Gasteiger partial charge in [0.1, 0.15) is 5.78 Å². The molecule has 0 spiro atoms. The van der Waals surface area contributed by atoms with E-state index in [0.29, 0.717) is 5.78 Å². The third-order valence-corrected chi connectivity index (χ3v) is 3.99. The van der Waals surface area contributed by atoms with Crippen LogP contribution in [0.4, 0.5) is 0 Å². The number of hydrogen-bond acceptors (Lipinski definition) is 2. The van der Waals surface area contributed by atoms with Crippen LogP contribution < -0.4 is 0 Å². The zero-order valence-electron chi connectivity index (χ0n) is 11.0. The third-order valence-electron chi connectivity index (χ3n) is 3.99. The monoisotopic (exact) mass is 223 g/mol. The van der Waals surface area contributed by atoms with Crippen LogP contribution in [0.15, 0.2) is 0 Å². The van der Waals surface area contributed by atoms with Crippen molar-refractivity contribution in [3.8, 4) is 0 Å². The van der Waals surface area contributed by atoms with E-state index in [9.17, 15) is 4.79 Å². The standard InChI is InChI=1S/C14H25NO/c1-13(2,3)12(16)14(7-8-14)11-15-9-5-4-6-10-15/h4-11H2,1-3H3. The van der Waals surface area contributed by atoms with Crippen LogP contribution in [0, 0.1) is 10.8 Å². The van der Waals surface area contributed by atoms with Crippen LogP contribution in [0.5, 0.6) is 0 Å². The summed E-state index contributed by atoms with van der Waals surface area (Å²) in [6, 6.07) is 0. The lowest BCUT2D eigenvalue weighted by Crippen LogP contribution is -2.41. The Kier molecular flexibility index (Phi) is 3.13. The van der Waals surface area contributed by atoms with E-state index in [-0.39, 0.29) is 10.8 Å². The molecule has 0 amide bonds. The van der Waals surface area contributed by atoms with Gasteiger partial charge in [-0.25, -0.2) is 0 Å². The highest BCUT2D eigenvalue weighted by Gasteiger charge is 2.53. The molecule has 1 aliphatic heterocycles. The molecule has 16 heavy (non-hydrogen) atoms. The molecule has 0 atom stereocenters. The second-order valence-corrected chi connectivity index (χ2v) is 6.70. The molecule has 1 saturated carbocycles. The second kappa shape index (κ2) is 4.14. The topological polar surface area (TPSA) is 20.3 Å². The molecular formula is C14H25NO. The fourth-order valence-electron chi connectivity index (χ4n) is 2.95. The van der Waals surface area contributed by atoms with Crippen LogP contribution in [0.25, 0.3) is 0 Å². The maximum atomic E-state index is 12.4. The number of hydrogen-bond donors (Lipinski definition) is 0. The molecule has 2 nitrogen and oxygen atoms in total. The highest BCUT2D eigenvalue weighted by atomic mass is 16.1. The Hall–Kier alpha value is -0.370. The van der Waals surface area contributed by atoms with Gasteiger partial charge >= 0.3 is 0 Å². The maximum absolute atomic E-state index is 12.4. The summed E-state index contributed by atoms with van der Waals surface area (Å²) in [5.74, 6) is 0.491. The van der Waals surface area contributed by atoms with Crippen LogP contribution in [0.3, 0.4) is 0 Å². The van der Waals surface area contributed by atoms with Gasteiger partial charge in [-0.1, -0.05) is 27.2 Å². The molecule has 2 rings (SSSR count). The third kappa shape index (κ3) is 2.48. The van der Waals surface area contributed by atoms with E-state index in [4.69, 9.17) is 0 Å². The Bertz CT molecular complexity index is 267. The highest BCUT2D eigenvalue weighted by molar-refractivity contribution is 5.91. The summed E-state index contributed by atoms with van der Waals surface area (Å²) >= 11 is 0. The fraction of sp³-hybridized carbons (Fsp3) is 0.929. The molecule has 2 aliphatic rings. The molecule has 0 N–H and O–H groups in total. The Morgan fingerprint density at radius 3 is 2.12 bits per heavy atom. The van der Waals surface area contributed by atoms with Gasteiger partial charge in [0.05, 0.1) is 0 Å². The summed E-state index contributed by atoms with van der Waals surface area (Å²) in [6.07, 6.45) is 6.26. The number of carbonyl (C=O) groups is 1. The minimum absolute atomic E-state index is 0.0373. The lowest BCUT2D eigenvalue weighted by atomic mass is 9.80. The minimum Gasteiger partial charge on any atom is -0.302 e. The summed E-state index contributed by atoms with van der Waals surface area (Å²) in [6.45, 7) is 9.63. The van der Waals surface area contributed by atoms with Crippen molar-refractivity contribution < 1.29 is 4.79 Å². The first-order chi connectivity index (χ1) is 7.44. The number of piperidine rings is 1. The van der Waals surface area contributed by atoms with Gasteiger partial charge in [0, 0.05) is 17.4 Å². The quantitative estimate of drug-likeness (QED) is 0.733. The molecule has 1 aliphatic carbocycles. The van der Waals surface area contributed by atoms with E-state index in [1.54, 1.807) is 0 Å². The number of ketones is 1. The van der Waals surface area contributed by atoms with Crippen molar-refractivity contribution in [1.29, 1.82) is 0 Å². The zero-order valence-corrected chi connectivity index (χ0v) is 11.0. The van der Waals surface area contributed by atoms with Crippen LogP contribution in [0.2, 0.25) is 0 Å².